The maximum Gasteiger partial charge on any atom is 0.335 e. The van der Waals surface area contributed by atoms with Crippen molar-refractivity contribution in [2.45, 2.75) is 30.7 Å². The molecule has 1 fully saturated rings. The molecule has 118 valence electrons. The minimum absolute atomic E-state index is 0.169. The van der Waals surface area contributed by atoms with Gasteiger partial charge in [0.1, 0.15) is 29.8 Å². The number of hydrogen-bond acceptors (Lipinski definition) is 8. The Hall–Kier alpha value is -1.91. The van der Waals surface area contributed by atoms with Crippen LogP contribution in [0.1, 0.15) is 0 Å². The quantitative estimate of drug-likeness (QED) is 0.289. The largest absolute Gasteiger partial charge is 0.508 e. The fourth-order valence-corrected chi connectivity index (χ4v) is 1.52. The average Bonchev–Trinajstić information content (AvgIpc) is 2.44. The standard InChI is InChI=1S/C6H10O7.C6H6O2/c7-1-2(8)4(5(10)11)13-6(12)3(1)9;7-5-1-2-6(8)4-3-5/h1-4,6-9,12H,(H,10,11);1-4,7-8H/t1-,2-,3+,4-,6-;/m0./s1. The van der Waals surface area contributed by atoms with Crippen LogP contribution in [-0.2, 0) is 9.53 Å². The van der Waals surface area contributed by atoms with Crippen molar-refractivity contribution in [2.24, 2.45) is 0 Å². The van der Waals surface area contributed by atoms with Crippen LogP contribution in [0.25, 0.3) is 0 Å². The number of hydrogen-bond donors (Lipinski definition) is 7. The number of rotatable bonds is 1. The molecular formula is C12H16O9. The van der Waals surface area contributed by atoms with Gasteiger partial charge in [-0.1, -0.05) is 0 Å². The van der Waals surface area contributed by atoms with Crippen LogP contribution in [0.4, 0.5) is 0 Å². The van der Waals surface area contributed by atoms with Crippen molar-refractivity contribution in [3.8, 4) is 11.5 Å². The van der Waals surface area contributed by atoms with Crippen LogP contribution in [0.15, 0.2) is 24.3 Å². The summed E-state index contributed by atoms with van der Waals surface area (Å²) < 4.78 is 4.34. The van der Waals surface area contributed by atoms with E-state index < -0.39 is 36.7 Å². The van der Waals surface area contributed by atoms with E-state index >= 15 is 0 Å². The molecule has 5 atom stereocenters. The summed E-state index contributed by atoms with van der Waals surface area (Å²) in [7, 11) is 0. The first-order chi connectivity index (χ1) is 9.73. The van der Waals surface area contributed by atoms with Gasteiger partial charge in [-0.05, 0) is 24.3 Å². The Labute approximate surface area is 118 Å². The summed E-state index contributed by atoms with van der Waals surface area (Å²) in [5.74, 6) is -1.18. The zero-order valence-electron chi connectivity index (χ0n) is 10.6. The molecule has 2 rings (SSSR count). The number of ether oxygens (including phenoxy) is 1. The van der Waals surface area contributed by atoms with Crippen LogP contribution in [0.3, 0.4) is 0 Å². The van der Waals surface area contributed by atoms with Crippen LogP contribution in [0.2, 0.25) is 0 Å². The Morgan fingerprint density at radius 2 is 1.29 bits per heavy atom. The molecule has 9 nitrogen and oxygen atoms in total. The van der Waals surface area contributed by atoms with E-state index in [-0.39, 0.29) is 11.5 Å². The van der Waals surface area contributed by atoms with Crippen molar-refractivity contribution >= 4 is 5.97 Å². The van der Waals surface area contributed by atoms with Crippen molar-refractivity contribution in [3.05, 3.63) is 24.3 Å². The molecule has 1 aliphatic rings. The summed E-state index contributed by atoms with van der Waals surface area (Å²) in [6.45, 7) is 0. The zero-order chi connectivity index (χ0) is 16.2. The first-order valence-electron chi connectivity index (χ1n) is 5.82. The number of benzene rings is 1. The molecule has 0 amide bonds. The monoisotopic (exact) mass is 304 g/mol. The van der Waals surface area contributed by atoms with Crippen LogP contribution >= 0.6 is 0 Å². The Bertz CT molecular complexity index is 439. The van der Waals surface area contributed by atoms with Gasteiger partial charge in [-0.2, -0.15) is 0 Å². The number of aromatic hydroxyl groups is 2. The van der Waals surface area contributed by atoms with Gasteiger partial charge >= 0.3 is 5.97 Å². The Morgan fingerprint density at radius 3 is 1.67 bits per heavy atom. The third kappa shape index (κ3) is 4.55. The molecule has 1 aliphatic heterocycles. The Balaban J connectivity index is 0.000000235. The molecule has 1 aromatic carbocycles. The second kappa shape index (κ2) is 7.20. The molecule has 1 heterocycles. The number of carbonyl (C=O) groups is 1. The van der Waals surface area contributed by atoms with Crippen molar-refractivity contribution in [3.63, 3.8) is 0 Å². The summed E-state index contributed by atoms with van der Waals surface area (Å²) >= 11 is 0. The zero-order valence-corrected chi connectivity index (χ0v) is 10.6. The molecular weight excluding hydrogens is 288 g/mol. The molecule has 0 aromatic heterocycles. The highest BCUT2D eigenvalue weighted by Crippen LogP contribution is 2.19. The molecule has 0 aliphatic carbocycles. The fourth-order valence-electron chi connectivity index (χ4n) is 1.52. The number of aliphatic hydroxyl groups is 4. The number of carboxylic acid groups (broad SMARTS) is 1. The minimum Gasteiger partial charge on any atom is -0.508 e. The smallest absolute Gasteiger partial charge is 0.335 e. The summed E-state index contributed by atoms with van der Waals surface area (Å²) in [4.78, 5) is 10.4. The second-order valence-corrected chi connectivity index (χ2v) is 4.27. The molecule has 0 bridgehead atoms. The average molecular weight is 304 g/mol. The van der Waals surface area contributed by atoms with E-state index in [1.807, 2.05) is 0 Å². The summed E-state index contributed by atoms with van der Waals surface area (Å²) in [6.07, 6.45) is -8.72. The highest BCUT2D eigenvalue weighted by molar-refractivity contribution is 5.73. The van der Waals surface area contributed by atoms with Gasteiger partial charge in [0.15, 0.2) is 12.4 Å². The third-order valence-electron chi connectivity index (χ3n) is 2.68. The van der Waals surface area contributed by atoms with Crippen LogP contribution in [0, 0.1) is 0 Å². The van der Waals surface area contributed by atoms with E-state index in [9.17, 15) is 4.79 Å². The van der Waals surface area contributed by atoms with Gasteiger partial charge in [-0.25, -0.2) is 4.79 Å². The van der Waals surface area contributed by atoms with Crippen molar-refractivity contribution < 1.29 is 45.3 Å². The van der Waals surface area contributed by atoms with Gasteiger partial charge in [0.05, 0.1) is 0 Å². The summed E-state index contributed by atoms with van der Waals surface area (Å²) in [5.41, 5.74) is 0. The van der Waals surface area contributed by atoms with Gasteiger partial charge in [0.25, 0.3) is 0 Å². The first kappa shape index (κ1) is 17.1. The summed E-state index contributed by atoms with van der Waals surface area (Å²) in [5, 5.41) is 61.7. The van der Waals surface area contributed by atoms with Gasteiger partial charge in [0.2, 0.25) is 0 Å². The lowest BCUT2D eigenvalue weighted by Crippen LogP contribution is -2.59. The van der Waals surface area contributed by atoms with Gasteiger partial charge in [-0.15, -0.1) is 0 Å². The molecule has 1 aromatic rings. The number of phenolic OH excluding ortho intramolecular Hbond substituents is 2. The van der Waals surface area contributed by atoms with Crippen LogP contribution in [0.5, 0.6) is 11.5 Å². The second-order valence-electron chi connectivity index (χ2n) is 4.27. The molecule has 0 saturated carbocycles. The molecule has 1 saturated heterocycles. The first-order valence-corrected chi connectivity index (χ1v) is 5.82. The normalized spacial score (nSPS) is 31.9. The SMILES string of the molecule is O=C(O)[C@H]1O[C@H](O)[C@H](O)[C@@H](O)[C@@H]1O.Oc1ccc(O)cc1. The van der Waals surface area contributed by atoms with Crippen molar-refractivity contribution in [1.82, 2.24) is 0 Å². The Morgan fingerprint density at radius 1 is 0.857 bits per heavy atom. The highest BCUT2D eigenvalue weighted by atomic mass is 16.6. The number of carboxylic acids is 1. The molecule has 0 radical (unpaired) electrons. The molecule has 0 unspecified atom stereocenters. The number of aliphatic carboxylic acids is 1. The summed E-state index contributed by atoms with van der Waals surface area (Å²) in [6, 6.07) is 5.70. The van der Waals surface area contributed by atoms with Crippen molar-refractivity contribution in [2.75, 3.05) is 0 Å². The number of phenols is 2. The predicted molar refractivity (Wildman–Crippen MR) is 66.3 cm³/mol. The topological polar surface area (TPSA) is 168 Å². The van der Waals surface area contributed by atoms with E-state index in [1.165, 1.54) is 24.3 Å². The van der Waals surface area contributed by atoms with Crippen molar-refractivity contribution in [1.29, 1.82) is 0 Å². The maximum absolute atomic E-state index is 10.4. The van der Waals surface area contributed by atoms with Crippen LogP contribution < -0.4 is 0 Å². The minimum atomic E-state index is -1.81. The van der Waals surface area contributed by atoms with E-state index in [0.29, 0.717) is 0 Å². The third-order valence-corrected chi connectivity index (χ3v) is 2.68. The van der Waals surface area contributed by atoms with E-state index in [1.54, 1.807) is 0 Å². The Kier molecular flexibility index (Phi) is 5.88. The number of aliphatic hydroxyl groups excluding tert-OH is 4. The fraction of sp³-hybridized carbons (Fsp3) is 0.417. The lowest BCUT2D eigenvalue weighted by atomic mass is 9.99. The van der Waals surface area contributed by atoms with E-state index in [4.69, 9.17) is 35.7 Å². The van der Waals surface area contributed by atoms with Gasteiger partial charge in [0, 0.05) is 0 Å². The predicted octanol–water partition coefficient (Wildman–Crippen LogP) is -2.03. The molecule has 7 N–H and O–H groups in total. The lowest BCUT2D eigenvalue weighted by molar-refractivity contribution is -0.279. The van der Waals surface area contributed by atoms with Gasteiger partial charge in [-0.3, -0.25) is 0 Å². The highest BCUT2D eigenvalue weighted by Gasteiger charge is 2.46. The lowest BCUT2D eigenvalue weighted by Gasteiger charge is -2.36. The van der Waals surface area contributed by atoms with E-state index in [0.717, 1.165) is 0 Å². The van der Waals surface area contributed by atoms with Gasteiger partial charge < -0.3 is 40.5 Å². The molecule has 21 heavy (non-hydrogen) atoms. The van der Waals surface area contributed by atoms with Crippen LogP contribution in [-0.4, -0.2) is 72.4 Å². The molecule has 0 spiro atoms. The maximum atomic E-state index is 10.4. The molecule has 9 heteroatoms. The van der Waals surface area contributed by atoms with E-state index in [2.05, 4.69) is 4.74 Å².